The van der Waals surface area contributed by atoms with Crippen LogP contribution >= 0.6 is 11.6 Å². The second-order valence-corrected chi connectivity index (χ2v) is 11.2. The van der Waals surface area contributed by atoms with Crippen molar-refractivity contribution in [2.45, 2.75) is 49.5 Å². The predicted octanol–water partition coefficient (Wildman–Crippen LogP) is 4.48. The van der Waals surface area contributed by atoms with Gasteiger partial charge < -0.3 is 24.4 Å². The topological polar surface area (TPSA) is 96.4 Å². The van der Waals surface area contributed by atoms with Gasteiger partial charge in [-0.25, -0.2) is 0 Å². The van der Waals surface area contributed by atoms with E-state index in [9.17, 15) is 19.5 Å². The number of benzene rings is 2. The van der Waals surface area contributed by atoms with Gasteiger partial charge in [0.05, 0.1) is 34.9 Å². The molecular formula is C32H35ClN2O6. The van der Waals surface area contributed by atoms with E-state index < -0.39 is 59.5 Å². The maximum Gasteiger partial charge on any atom is 0.313 e. The number of aliphatic hydroxyl groups excluding tert-OH is 1. The zero-order valence-corrected chi connectivity index (χ0v) is 23.8. The number of ether oxygens (including phenoxy) is 2. The molecule has 5 rings (SSSR count). The van der Waals surface area contributed by atoms with Crippen LogP contribution in [0.4, 0.5) is 5.69 Å². The maximum absolute atomic E-state index is 14.8. The quantitative estimate of drug-likeness (QED) is 0.312. The Morgan fingerprint density at radius 2 is 1.88 bits per heavy atom. The fourth-order valence-corrected chi connectivity index (χ4v) is 7.38. The largest absolute Gasteiger partial charge is 0.461 e. The van der Waals surface area contributed by atoms with Gasteiger partial charge in [0.25, 0.3) is 5.91 Å². The van der Waals surface area contributed by atoms with Crippen molar-refractivity contribution < 1.29 is 29.0 Å². The lowest BCUT2D eigenvalue weighted by Gasteiger charge is -2.39. The molecule has 2 bridgehead atoms. The molecule has 3 aliphatic heterocycles. The van der Waals surface area contributed by atoms with Gasteiger partial charge in [-0.05, 0) is 37.0 Å². The van der Waals surface area contributed by atoms with Crippen molar-refractivity contribution in [3.05, 3.63) is 90.5 Å². The molecule has 1 N–H and O–H groups in total. The number of carbonyl (C=O) groups is 3. The van der Waals surface area contributed by atoms with E-state index in [4.69, 9.17) is 21.1 Å². The summed E-state index contributed by atoms with van der Waals surface area (Å²) in [5.74, 6) is -3.25. The summed E-state index contributed by atoms with van der Waals surface area (Å²) in [7, 11) is 0. The third kappa shape index (κ3) is 4.49. The average molecular weight is 579 g/mol. The number of halogens is 1. The lowest BCUT2D eigenvalue weighted by Crippen LogP contribution is -2.57. The molecule has 6 atom stereocenters. The Labute approximate surface area is 245 Å². The molecule has 1 spiro atoms. The van der Waals surface area contributed by atoms with E-state index in [2.05, 4.69) is 13.2 Å². The molecule has 2 aromatic rings. The highest BCUT2D eigenvalue weighted by molar-refractivity contribution is 6.34. The number of esters is 1. The third-order valence-corrected chi connectivity index (χ3v) is 9.18. The first-order valence-electron chi connectivity index (χ1n) is 13.9. The van der Waals surface area contributed by atoms with Crippen molar-refractivity contribution in [2.24, 2.45) is 11.8 Å². The first-order chi connectivity index (χ1) is 19.8. The number of anilines is 1. The smallest absolute Gasteiger partial charge is 0.313 e. The van der Waals surface area contributed by atoms with Gasteiger partial charge in [0.1, 0.15) is 24.2 Å². The molecule has 3 heterocycles. The van der Waals surface area contributed by atoms with Crippen molar-refractivity contribution in [2.75, 3.05) is 24.7 Å². The minimum absolute atomic E-state index is 0.00197. The first-order valence-corrected chi connectivity index (χ1v) is 14.3. The van der Waals surface area contributed by atoms with Crippen LogP contribution in [0.25, 0.3) is 0 Å². The average Bonchev–Trinajstić information content (AvgIpc) is 3.60. The normalized spacial score (nSPS) is 28.7. The van der Waals surface area contributed by atoms with E-state index >= 15 is 0 Å². The molecule has 3 fully saturated rings. The van der Waals surface area contributed by atoms with Crippen molar-refractivity contribution in [3.63, 3.8) is 0 Å². The molecule has 0 aromatic heterocycles. The molecule has 3 aliphatic rings. The SMILES string of the molecule is C=CCOC(=O)[C@H]1[C@H]2C(=O)N([C@H](CO)c3ccccc3)C(C(=O)N(CC=C)c3ccccc3Cl)C23CC[C@]1(CC)O3. The number of carbonyl (C=O) groups excluding carboxylic acids is 3. The van der Waals surface area contributed by atoms with Gasteiger partial charge in [-0.2, -0.15) is 0 Å². The Morgan fingerprint density at radius 1 is 1.17 bits per heavy atom. The van der Waals surface area contributed by atoms with Crippen molar-refractivity contribution in [3.8, 4) is 0 Å². The number of hydrogen-bond donors (Lipinski definition) is 1. The van der Waals surface area contributed by atoms with E-state index in [1.165, 1.54) is 15.9 Å². The number of amides is 2. The summed E-state index contributed by atoms with van der Waals surface area (Å²) < 4.78 is 12.3. The van der Waals surface area contributed by atoms with Crippen LogP contribution in [0, 0.1) is 11.8 Å². The molecule has 8 nitrogen and oxygen atoms in total. The number of para-hydroxylation sites is 1. The maximum atomic E-state index is 14.8. The summed E-state index contributed by atoms with van der Waals surface area (Å²) in [6, 6.07) is 14.1. The zero-order chi connectivity index (χ0) is 29.4. The second kappa shape index (κ2) is 11.4. The highest BCUT2D eigenvalue weighted by Gasteiger charge is 2.79. The van der Waals surface area contributed by atoms with Gasteiger partial charge >= 0.3 is 5.97 Å². The Balaban J connectivity index is 1.69. The Bertz CT molecular complexity index is 1350. The monoisotopic (exact) mass is 578 g/mol. The highest BCUT2D eigenvalue weighted by atomic mass is 35.5. The molecule has 216 valence electrons. The van der Waals surface area contributed by atoms with E-state index in [-0.39, 0.29) is 13.2 Å². The van der Waals surface area contributed by atoms with Crippen LogP contribution in [0.5, 0.6) is 0 Å². The minimum Gasteiger partial charge on any atom is -0.461 e. The minimum atomic E-state index is -1.30. The number of aliphatic hydroxyl groups is 1. The van der Waals surface area contributed by atoms with Crippen LogP contribution in [0.2, 0.25) is 5.02 Å². The van der Waals surface area contributed by atoms with E-state index in [0.29, 0.717) is 35.5 Å². The van der Waals surface area contributed by atoms with Gasteiger partial charge in [0, 0.05) is 6.54 Å². The molecule has 0 radical (unpaired) electrons. The molecule has 9 heteroatoms. The molecule has 2 unspecified atom stereocenters. The highest BCUT2D eigenvalue weighted by Crippen LogP contribution is 2.65. The van der Waals surface area contributed by atoms with Gasteiger partial charge in [-0.1, -0.05) is 79.7 Å². The summed E-state index contributed by atoms with van der Waals surface area (Å²) in [5, 5.41) is 11.0. The standard InChI is InChI=1S/C32H35ClN2O6/c1-4-18-34(23-15-11-10-14-22(23)33)29(38)27-32-17-16-31(6-3,41-32)26(30(39)40-19-5-2)25(32)28(37)35(27)24(20-36)21-12-8-7-9-13-21/h4-5,7-15,24-27,36H,1-2,6,16-20H2,3H3/t24-,25+,26-,27?,31+,32?/m1/s1. The van der Waals surface area contributed by atoms with E-state index in [0.717, 1.165) is 0 Å². The third-order valence-electron chi connectivity index (χ3n) is 8.86. The van der Waals surface area contributed by atoms with Crippen LogP contribution < -0.4 is 4.90 Å². The molecule has 0 aliphatic carbocycles. The Morgan fingerprint density at radius 3 is 2.51 bits per heavy atom. The van der Waals surface area contributed by atoms with E-state index in [1.807, 2.05) is 25.1 Å². The van der Waals surface area contributed by atoms with Crippen molar-refractivity contribution in [1.82, 2.24) is 4.90 Å². The van der Waals surface area contributed by atoms with Crippen LogP contribution in [0.3, 0.4) is 0 Å². The number of hydrogen-bond acceptors (Lipinski definition) is 6. The first kappa shape index (κ1) is 29.0. The van der Waals surface area contributed by atoms with Crippen LogP contribution in [-0.4, -0.2) is 64.8 Å². The molecule has 0 saturated carbocycles. The number of fused-ring (bicyclic) bond motifs is 1. The fraction of sp³-hybridized carbons (Fsp3) is 0.406. The van der Waals surface area contributed by atoms with Crippen molar-refractivity contribution in [1.29, 1.82) is 0 Å². The summed E-state index contributed by atoms with van der Waals surface area (Å²) in [6.45, 7) is 9.08. The van der Waals surface area contributed by atoms with E-state index in [1.54, 1.807) is 42.5 Å². The lowest BCUT2D eigenvalue weighted by atomic mass is 9.65. The van der Waals surface area contributed by atoms with Gasteiger partial charge in [0.2, 0.25) is 5.91 Å². The summed E-state index contributed by atoms with van der Waals surface area (Å²) in [4.78, 5) is 45.9. The predicted molar refractivity (Wildman–Crippen MR) is 155 cm³/mol. The number of nitrogens with zero attached hydrogens (tertiary/aromatic N) is 2. The number of rotatable bonds is 11. The van der Waals surface area contributed by atoms with Crippen LogP contribution in [0.15, 0.2) is 79.9 Å². The lowest BCUT2D eigenvalue weighted by molar-refractivity contribution is -0.161. The second-order valence-electron chi connectivity index (χ2n) is 10.8. The molecule has 3 saturated heterocycles. The summed E-state index contributed by atoms with van der Waals surface area (Å²) in [6.07, 6.45) is 4.42. The van der Waals surface area contributed by atoms with Gasteiger partial charge in [0.15, 0.2) is 0 Å². The number of likely N-dealkylation sites (tertiary alicyclic amines) is 1. The molecule has 2 aromatic carbocycles. The summed E-state index contributed by atoms with van der Waals surface area (Å²) >= 11 is 6.55. The molecule has 41 heavy (non-hydrogen) atoms. The Hall–Kier alpha value is -3.46. The van der Waals surface area contributed by atoms with Crippen molar-refractivity contribution >= 4 is 35.1 Å². The van der Waals surface area contributed by atoms with Gasteiger partial charge in [-0.3, -0.25) is 14.4 Å². The van der Waals surface area contributed by atoms with Gasteiger partial charge in [-0.15, -0.1) is 6.58 Å². The summed E-state index contributed by atoms with van der Waals surface area (Å²) in [5.41, 5.74) is -1.12. The van der Waals surface area contributed by atoms with Crippen LogP contribution in [-0.2, 0) is 23.9 Å². The fourth-order valence-electron chi connectivity index (χ4n) is 7.14. The van der Waals surface area contributed by atoms with Crippen LogP contribution in [0.1, 0.15) is 37.8 Å². The zero-order valence-electron chi connectivity index (χ0n) is 23.1. The molecule has 2 amide bonds. The molecular weight excluding hydrogens is 544 g/mol. The Kier molecular flexibility index (Phi) is 8.10.